The third-order valence-electron chi connectivity index (χ3n) is 4.15. The van der Waals surface area contributed by atoms with Crippen LogP contribution in [-0.2, 0) is 13.6 Å². The third-order valence-corrected chi connectivity index (χ3v) is 6.19. The van der Waals surface area contributed by atoms with E-state index in [0.717, 1.165) is 16.8 Å². The van der Waals surface area contributed by atoms with E-state index < -0.39 is 13.4 Å². The number of phenols is 1. The molecule has 1 saturated heterocycles. The quantitative estimate of drug-likeness (QED) is 0.744. The summed E-state index contributed by atoms with van der Waals surface area (Å²) in [6.07, 6.45) is 0. The Balaban J connectivity index is 1.92. The van der Waals surface area contributed by atoms with Crippen LogP contribution in [0.1, 0.15) is 30.8 Å². The molecule has 0 unspecified atom stereocenters. The molecule has 134 valence electrons. The molecule has 0 radical (unpaired) electrons. The summed E-state index contributed by atoms with van der Waals surface area (Å²) in [7, 11) is -3.41. The molecule has 25 heavy (non-hydrogen) atoms. The van der Waals surface area contributed by atoms with E-state index in [2.05, 4.69) is 5.32 Å². The standard InChI is InChI=1S/C19H24NO4P/c1-14-4-8-16(9-5-14)20-18(15-6-10-17(21)11-7-15)25(22)23-12-19(2,3)13-24-25/h4-11,18,20-21H,12-13H2,1-3H3/t18-/m1/s1. The van der Waals surface area contributed by atoms with E-state index in [4.69, 9.17) is 9.05 Å². The largest absolute Gasteiger partial charge is 0.508 e. The van der Waals surface area contributed by atoms with Gasteiger partial charge in [0, 0.05) is 11.1 Å². The van der Waals surface area contributed by atoms with Crippen LogP contribution in [0.5, 0.6) is 5.75 Å². The van der Waals surface area contributed by atoms with Crippen molar-refractivity contribution in [1.82, 2.24) is 0 Å². The molecule has 0 amide bonds. The Labute approximate surface area is 148 Å². The first-order chi connectivity index (χ1) is 11.8. The van der Waals surface area contributed by atoms with Crippen molar-refractivity contribution in [2.75, 3.05) is 18.5 Å². The van der Waals surface area contributed by atoms with Crippen molar-refractivity contribution in [3.63, 3.8) is 0 Å². The Morgan fingerprint density at radius 3 is 2.16 bits per heavy atom. The maximum atomic E-state index is 13.4. The van der Waals surface area contributed by atoms with Crippen LogP contribution < -0.4 is 5.32 Å². The number of rotatable bonds is 4. The fourth-order valence-corrected chi connectivity index (χ4v) is 4.84. The topological polar surface area (TPSA) is 67.8 Å². The molecule has 2 N–H and O–H groups in total. The highest BCUT2D eigenvalue weighted by atomic mass is 31.2. The molecular weight excluding hydrogens is 337 g/mol. The lowest BCUT2D eigenvalue weighted by Gasteiger charge is -2.38. The molecule has 2 aromatic rings. The average molecular weight is 361 g/mol. The van der Waals surface area contributed by atoms with Crippen molar-refractivity contribution >= 4 is 13.3 Å². The monoisotopic (exact) mass is 361 g/mol. The smallest absolute Gasteiger partial charge is 0.357 e. The Hall–Kier alpha value is -1.81. The first-order valence-corrected chi connectivity index (χ1v) is 9.90. The first kappa shape index (κ1) is 18.0. The van der Waals surface area contributed by atoms with Crippen LogP contribution in [0.25, 0.3) is 0 Å². The normalized spacial score (nSPS) is 20.0. The van der Waals surface area contributed by atoms with E-state index in [0.29, 0.717) is 13.2 Å². The predicted molar refractivity (Wildman–Crippen MR) is 98.9 cm³/mol. The van der Waals surface area contributed by atoms with Gasteiger partial charge in [-0.05, 0) is 36.8 Å². The zero-order valence-corrected chi connectivity index (χ0v) is 15.6. The lowest BCUT2D eigenvalue weighted by molar-refractivity contribution is 0.0387. The zero-order valence-electron chi connectivity index (χ0n) is 14.7. The summed E-state index contributed by atoms with van der Waals surface area (Å²) in [5.41, 5.74) is 2.54. The van der Waals surface area contributed by atoms with Crippen LogP contribution in [0.4, 0.5) is 5.69 Å². The molecule has 1 aliphatic heterocycles. The van der Waals surface area contributed by atoms with Gasteiger partial charge in [0.2, 0.25) is 0 Å². The second-order valence-corrected chi connectivity index (χ2v) is 9.37. The molecule has 6 heteroatoms. The number of anilines is 1. The van der Waals surface area contributed by atoms with Gasteiger partial charge in [0.25, 0.3) is 0 Å². The van der Waals surface area contributed by atoms with Gasteiger partial charge in [-0.2, -0.15) is 0 Å². The Kier molecular flexibility index (Phi) is 4.92. The molecule has 1 fully saturated rings. The first-order valence-electron chi connectivity index (χ1n) is 8.28. The summed E-state index contributed by atoms with van der Waals surface area (Å²) in [5.74, 6) is -0.491. The van der Waals surface area contributed by atoms with Gasteiger partial charge >= 0.3 is 7.60 Å². The summed E-state index contributed by atoms with van der Waals surface area (Å²) in [5, 5.41) is 12.8. The average Bonchev–Trinajstić information content (AvgIpc) is 2.58. The van der Waals surface area contributed by atoms with E-state index in [1.165, 1.54) is 0 Å². The molecular formula is C19H24NO4P. The minimum atomic E-state index is -3.41. The van der Waals surface area contributed by atoms with Gasteiger partial charge in [-0.15, -0.1) is 0 Å². The van der Waals surface area contributed by atoms with Crippen LogP contribution in [0.3, 0.4) is 0 Å². The van der Waals surface area contributed by atoms with Gasteiger partial charge in [0.1, 0.15) is 5.75 Å². The molecule has 0 spiro atoms. The molecule has 0 saturated carbocycles. The fraction of sp³-hybridized carbons (Fsp3) is 0.368. The van der Waals surface area contributed by atoms with Crippen LogP contribution in [0, 0.1) is 12.3 Å². The number of aryl methyl sites for hydroxylation is 1. The summed E-state index contributed by atoms with van der Waals surface area (Å²) in [4.78, 5) is 0. The highest BCUT2D eigenvalue weighted by molar-refractivity contribution is 7.54. The maximum Gasteiger partial charge on any atom is 0.357 e. The molecule has 2 aromatic carbocycles. The van der Waals surface area contributed by atoms with Crippen molar-refractivity contribution in [1.29, 1.82) is 0 Å². The van der Waals surface area contributed by atoms with Crippen LogP contribution >= 0.6 is 7.60 Å². The van der Waals surface area contributed by atoms with Crippen molar-refractivity contribution in [2.45, 2.75) is 26.6 Å². The van der Waals surface area contributed by atoms with Gasteiger partial charge in [0.05, 0.1) is 13.2 Å². The van der Waals surface area contributed by atoms with Crippen molar-refractivity contribution in [3.05, 3.63) is 59.7 Å². The molecule has 0 aliphatic carbocycles. The lowest BCUT2D eigenvalue weighted by atomic mass is 9.97. The molecule has 1 heterocycles. The van der Waals surface area contributed by atoms with Crippen LogP contribution in [0.15, 0.2) is 48.5 Å². The van der Waals surface area contributed by atoms with E-state index in [1.54, 1.807) is 24.3 Å². The predicted octanol–water partition coefficient (Wildman–Crippen LogP) is 5.08. The Morgan fingerprint density at radius 1 is 1.04 bits per heavy atom. The van der Waals surface area contributed by atoms with Crippen LogP contribution in [0.2, 0.25) is 0 Å². The van der Waals surface area contributed by atoms with Crippen molar-refractivity contribution in [2.24, 2.45) is 5.41 Å². The minimum Gasteiger partial charge on any atom is -0.508 e. The van der Waals surface area contributed by atoms with E-state index in [-0.39, 0.29) is 11.2 Å². The molecule has 5 nitrogen and oxygen atoms in total. The fourth-order valence-electron chi connectivity index (χ4n) is 2.57. The van der Waals surface area contributed by atoms with Crippen LogP contribution in [-0.4, -0.2) is 18.3 Å². The number of phenolic OH excluding ortho intramolecular Hbond substituents is 1. The second-order valence-electron chi connectivity index (χ2n) is 7.26. The van der Waals surface area contributed by atoms with Crippen molar-refractivity contribution < 1.29 is 18.7 Å². The van der Waals surface area contributed by atoms with Gasteiger partial charge < -0.3 is 19.5 Å². The Bertz CT molecular complexity index is 757. The Morgan fingerprint density at radius 2 is 1.60 bits per heavy atom. The van der Waals surface area contributed by atoms with E-state index in [9.17, 15) is 9.67 Å². The van der Waals surface area contributed by atoms with E-state index in [1.807, 2.05) is 45.0 Å². The highest BCUT2D eigenvalue weighted by Gasteiger charge is 2.43. The molecule has 1 aliphatic rings. The van der Waals surface area contributed by atoms with Crippen molar-refractivity contribution in [3.8, 4) is 5.75 Å². The molecule has 3 rings (SSSR count). The lowest BCUT2D eigenvalue weighted by Crippen LogP contribution is -2.31. The molecule has 0 aromatic heterocycles. The van der Waals surface area contributed by atoms with Gasteiger partial charge in [-0.1, -0.05) is 43.7 Å². The van der Waals surface area contributed by atoms with E-state index >= 15 is 0 Å². The SMILES string of the molecule is Cc1ccc(N[C@@H](c2ccc(O)cc2)P2(=O)OCC(C)(C)CO2)cc1. The summed E-state index contributed by atoms with van der Waals surface area (Å²) >= 11 is 0. The summed E-state index contributed by atoms with van der Waals surface area (Å²) in [6, 6.07) is 14.4. The third kappa shape index (κ3) is 4.24. The maximum absolute atomic E-state index is 13.4. The molecule has 1 atom stereocenters. The van der Waals surface area contributed by atoms with Gasteiger partial charge in [0.15, 0.2) is 5.78 Å². The number of hydrogen-bond acceptors (Lipinski definition) is 5. The number of aromatic hydroxyl groups is 1. The molecule has 0 bridgehead atoms. The zero-order chi connectivity index (χ0) is 18.1. The minimum absolute atomic E-state index is 0.155. The number of benzene rings is 2. The number of nitrogens with one attached hydrogen (secondary N) is 1. The summed E-state index contributed by atoms with van der Waals surface area (Å²) < 4.78 is 24.9. The van der Waals surface area contributed by atoms with Gasteiger partial charge in [-0.25, -0.2) is 0 Å². The van der Waals surface area contributed by atoms with Gasteiger partial charge in [-0.3, -0.25) is 4.57 Å². The second kappa shape index (κ2) is 6.83. The summed E-state index contributed by atoms with van der Waals surface area (Å²) in [6.45, 7) is 6.78. The highest BCUT2D eigenvalue weighted by Crippen LogP contribution is 2.64. The number of hydrogen-bond donors (Lipinski definition) is 2.